The number of hydrogen-bond donors (Lipinski definition) is 0. The first-order valence-corrected chi connectivity index (χ1v) is 5.36. The first kappa shape index (κ1) is 11.5. The van der Waals surface area contributed by atoms with E-state index in [2.05, 4.69) is 4.98 Å². The van der Waals surface area contributed by atoms with E-state index in [4.69, 9.17) is 0 Å². The normalized spacial score (nSPS) is 10.3. The molecule has 0 atom stereocenters. The van der Waals surface area contributed by atoms with Gasteiger partial charge in [-0.25, -0.2) is 9.37 Å². The highest BCUT2D eigenvalue weighted by Crippen LogP contribution is 2.27. The van der Waals surface area contributed by atoms with Crippen molar-refractivity contribution in [2.75, 3.05) is 11.4 Å². The van der Waals surface area contributed by atoms with Gasteiger partial charge in [-0.15, -0.1) is 0 Å². The number of pyridine rings is 1. The minimum absolute atomic E-state index is 0.327. The molecule has 2 rings (SSSR count). The summed E-state index contributed by atoms with van der Waals surface area (Å²) in [6.07, 6.45) is 1.37. The molecule has 88 valence electrons. The number of hydrogen-bond acceptors (Lipinski definition) is 2. The van der Waals surface area contributed by atoms with Crippen LogP contribution < -0.4 is 4.90 Å². The third-order valence-electron chi connectivity index (χ3n) is 2.48. The van der Waals surface area contributed by atoms with Gasteiger partial charge in [0.2, 0.25) is 5.95 Å². The number of aromatic nitrogens is 1. The highest BCUT2D eigenvalue weighted by molar-refractivity contribution is 5.63. The van der Waals surface area contributed by atoms with Crippen molar-refractivity contribution in [3.63, 3.8) is 0 Å². The molecule has 0 radical (unpaired) electrons. The summed E-state index contributed by atoms with van der Waals surface area (Å²) < 4.78 is 26.7. The van der Waals surface area contributed by atoms with E-state index in [0.717, 1.165) is 0 Å². The summed E-state index contributed by atoms with van der Waals surface area (Å²) in [4.78, 5) is 5.18. The summed E-state index contributed by atoms with van der Waals surface area (Å²) >= 11 is 0. The van der Waals surface area contributed by atoms with Crippen LogP contribution in [0.2, 0.25) is 0 Å². The third-order valence-corrected chi connectivity index (χ3v) is 2.48. The van der Waals surface area contributed by atoms with Crippen LogP contribution in [0.15, 0.2) is 42.6 Å². The maximum atomic E-state index is 13.7. The van der Waals surface area contributed by atoms with Gasteiger partial charge in [0.1, 0.15) is 5.82 Å². The van der Waals surface area contributed by atoms with Gasteiger partial charge in [-0.05, 0) is 25.1 Å². The Bertz CT molecular complexity index is 514. The Morgan fingerprint density at radius 1 is 1.18 bits per heavy atom. The van der Waals surface area contributed by atoms with E-state index < -0.39 is 5.95 Å². The zero-order chi connectivity index (χ0) is 12.3. The lowest BCUT2D eigenvalue weighted by molar-refractivity contribution is 0.583. The molecule has 17 heavy (non-hydrogen) atoms. The minimum atomic E-state index is -0.572. The molecule has 0 amide bonds. The number of halogens is 2. The lowest BCUT2D eigenvalue weighted by atomic mass is 10.2. The maximum Gasteiger partial charge on any atom is 0.214 e. The van der Waals surface area contributed by atoms with Crippen molar-refractivity contribution in [3.8, 4) is 0 Å². The van der Waals surface area contributed by atoms with E-state index in [1.54, 1.807) is 29.2 Å². The summed E-state index contributed by atoms with van der Waals surface area (Å²) in [5.74, 6) is -0.899. The van der Waals surface area contributed by atoms with Crippen LogP contribution in [0.4, 0.5) is 20.2 Å². The van der Waals surface area contributed by atoms with Gasteiger partial charge in [-0.3, -0.25) is 0 Å². The molecule has 4 heteroatoms. The van der Waals surface area contributed by atoms with E-state index in [1.807, 2.05) is 6.92 Å². The molecule has 0 aliphatic carbocycles. The Balaban J connectivity index is 2.44. The number of benzene rings is 1. The molecule has 0 aliphatic heterocycles. The Kier molecular flexibility index (Phi) is 3.32. The van der Waals surface area contributed by atoms with Gasteiger partial charge >= 0.3 is 0 Å². The van der Waals surface area contributed by atoms with Crippen LogP contribution >= 0.6 is 0 Å². The molecule has 0 fully saturated rings. The molecule has 0 unspecified atom stereocenters. The number of rotatable bonds is 3. The van der Waals surface area contributed by atoms with Crippen molar-refractivity contribution >= 4 is 11.4 Å². The molecule has 0 N–H and O–H groups in total. The largest absolute Gasteiger partial charge is 0.339 e. The number of anilines is 2. The zero-order valence-corrected chi connectivity index (χ0v) is 9.40. The van der Waals surface area contributed by atoms with Crippen molar-refractivity contribution < 1.29 is 8.78 Å². The third kappa shape index (κ3) is 2.41. The molecule has 0 aliphatic rings. The SMILES string of the molecule is CCN(c1ccnc(F)c1)c1ccccc1F. The highest BCUT2D eigenvalue weighted by atomic mass is 19.1. The van der Waals surface area contributed by atoms with Crippen LogP contribution in [-0.2, 0) is 0 Å². The van der Waals surface area contributed by atoms with Crippen LogP contribution in [0.3, 0.4) is 0 Å². The van der Waals surface area contributed by atoms with Gasteiger partial charge in [-0.2, -0.15) is 4.39 Å². The quantitative estimate of drug-likeness (QED) is 0.755. The van der Waals surface area contributed by atoms with Crippen molar-refractivity contribution in [1.82, 2.24) is 4.98 Å². The number of para-hydroxylation sites is 1. The first-order chi connectivity index (χ1) is 8.22. The second-order valence-corrected chi connectivity index (χ2v) is 3.53. The average molecular weight is 234 g/mol. The van der Waals surface area contributed by atoms with E-state index >= 15 is 0 Å². The van der Waals surface area contributed by atoms with Gasteiger partial charge in [0.15, 0.2) is 0 Å². The molecule has 0 spiro atoms. The van der Waals surface area contributed by atoms with Gasteiger partial charge in [-0.1, -0.05) is 12.1 Å². The fraction of sp³-hybridized carbons (Fsp3) is 0.154. The van der Waals surface area contributed by atoms with Crippen LogP contribution in [0.25, 0.3) is 0 Å². The van der Waals surface area contributed by atoms with E-state index in [-0.39, 0.29) is 5.82 Å². The fourth-order valence-corrected chi connectivity index (χ4v) is 1.72. The monoisotopic (exact) mass is 234 g/mol. The summed E-state index contributed by atoms with van der Waals surface area (Å²) in [5.41, 5.74) is 1.02. The van der Waals surface area contributed by atoms with Gasteiger partial charge in [0.25, 0.3) is 0 Å². The molecule has 2 nitrogen and oxygen atoms in total. The van der Waals surface area contributed by atoms with Crippen LogP contribution in [-0.4, -0.2) is 11.5 Å². The summed E-state index contributed by atoms with van der Waals surface area (Å²) in [5, 5.41) is 0. The van der Waals surface area contributed by atoms with E-state index in [1.165, 1.54) is 18.3 Å². The lowest BCUT2D eigenvalue weighted by Crippen LogP contribution is -2.17. The molecule has 2 aromatic rings. The van der Waals surface area contributed by atoms with Crippen LogP contribution in [0.1, 0.15) is 6.92 Å². The molecule has 1 aromatic carbocycles. The molecule has 0 saturated carbocycles. The van der Waals surface area contributed by atoms with E-state index in [9.17, 15) is 8.78 Å². The van der Waals surface area contributed by atoms with Crippen molar-refractivity contribution in [2.24, 2.45) is 0 Å². The molecule has 1 aromatic heterocycles. The predicted molar refractivity (Wildman–Crippen MR) is 63.3 cm³/mol. The minimum Gasteiger partial charge on any atom is -0.339 e. The lowest BCUT2D eigenvalue weighted by Gasteiger charge is -2.23. The Labute approximate surface area is 98.5 Å². The summed E-state index contributed by atoms with van der Waals surface area (Å²) in [6.45, 7) is 2.43. The van der Waals surface area contributed by atoms with Crippen molar-refractivity contribution in [3.05, 3.63) is 54.4 Å². The van der Waals surface area contributed by atoms with Crippen molar-refractivity contribution in [1.29, 1.82) is 0 Å². The molecule has 0 bridgehead atoms. The fourth-order valence-electron chi connectivity index (χ4n) is 1.72. The Morgan fingerprint density at radius 2 is 1.94 bits per heavy atom. The Hall–Kier alpha value is -1.97. The smallest absolute Gasteiger partial charge is 0.214 e. The van der Waals surface area contributed by atoms with Gasteiger partial charge < -0.3 is 4.90 Å². The summed E-state index contributed by atoms with van der Waals surface area (Å²) in [6, 6.07) is 9.36. The average Bonchev–Trinajstić information content (AvgIpc) is 2.33. The molecule has 1 heterocycles. The van der Waals surface area contributed by atoms with Crippen LogP contribution in [0.5, 0.6) is 0 Å². The second kappa shape index (κ2) is 4.91. The summed E-state index contributed by atoms with van der Waals surface area (Å²) in [7, 11) is 0. The van der Waals surface area contributed by atoms with Gasteiger partial charge in [0, 0.05) is 24.5 Å². The number of nitrogens with zero attached hydrogens (tertiary/aromatic N) is 2. The first-order valence-electron chi connectivity index (χ1n) is 5.36. The standard InChI is InChI=1S/C13H12F2N2/c1-2-17(10-7-8-16-13(15)9-10)12-6-4-3-5-11(12)14/h3-9H,2H2,1H3. The predicted octanol–water partition coefficient (Wildman–Crippen LogP) is 3.52. The molecular formula is C13H12F2N2. The van der Waals surface area contributed by atoms with Crippen molar-refractivity contribution in [2.45, 2.75) is 6.92 Å². The second-order valence-electron chi connectivity index (χ2n) is 3.53. The van der Waals surface area contributed by atoms with Crippen LogP contribution in [0, 0.1) is 11.8 Å². The molecule has 0 saturated heterocycles. The Morgan fingerprint density at radius 3 is 2.59 bits per heavy atom. The van der Waals surface area contributed by atoms with E-state index in [0.29, 0.717) is 17.9 Å². The maximum absolute atomic E-state index is 13.7. The topological polar surface area (TPSA) is 16.1 Å². The molecular weight excluding hydrogens is 222 g/mol. The van der Waals surface area contributed by atoms with Gasteiger partial charge in [0.05, 0.1) is 5.69 Å². The zero-order valence-electron chi connectivity index (χ0n) is 9.40. The highest BCUT2D eigenvalue weighted by Gasteiger charge is 2.11.